The van der Waals surface area contributed by atoms with Gasteiger partial charge in [-0.15, -0.1) is 0 Å². The van der Waals surface area contributed by atoms with E-state index in [4.69, 9.17) is 23.8 Å². The average Bonchev–Trinajstić information content (AvgIpc) is 3.13. The number of halogens is 1. The van der Waals surface area contributed by atoms with Crippen molar-refractivity contribution in [2.24, 2.45) is 0 Å². The van der Waals surface area contributed by atoms with Crippen molar-refractivity contribution >= 4 is 26.3 Å². The highest BCUT2D eigenvalue weighted by atomic mass is 32.5. The molecule has 0 amide bonds. The second kappa shape index (κ2) is 13.0. The molecule has 1 aromatic heterocycles. The van der Waals surface area contributed by atoms with E-state index in [2.05, 4.69) is 27.2 Å². The van der Waals surface area contributed by atoms with Crippen molar-refractivity contribution in [1.29, 1.82) is 0 Å². The zero-order valence-corrected chi connectivity index (χ0v) is 24.0. The van der Waals surface area contributed by atoms with Crippen molar-refractivity contribution in [1.82, 2.24) is 9.55 Å². The van der Waals surface area contributed by atoms with Gasteiger partial charge in [-0.2, -0.15) is 0 Å². The molecule has 0 aliphatic carbocycles. The maximum Gasteiger partial charge on any atom is 0.481 e. The van der Waals surface area contributed by atoms with E-state index >= 15 is 4.39 Å². The molecule has 1 aromatic rings. The number of phosphoric acid groups is 1. The summed E-state index contributed by atoms with van der Waals surface area (Å²) < 4.78 is 58.1. The molecule has 0 aromatic carbocycles. The summed E-state index contributed by atoms with van der Waals surface area (Å²) in [6.45, 7) is -4.09. The van der Waals surface area contributed by atoms with Crippen molar-refractivity contribution in [2.75, 3.05) is 20.3 Å². The lowest BCUT2D eigenvalue weighted by Gasteiger charge is -2.41. The summed E-state index contributed by atoms with van der Waals surface area (Å²) in [6, 6.07) is 0.884. The number of aliphatic hydroxyl groups is 6. The van der Waals surface area contributed by atoms with Crippen LogP contribution in [0.2, 0.25) is 0 Å². The molecule has 2 fully saturated rings. The highest BCUT2D eigenvalue weighted by molar-refractivity contribution is 8.08. The van der Waals surface area contributed by atoms with Gasteiger partial charge in [0.25, 0.3) is 11.4 Å². The van der Waals surface area contributed by atoms with Crippen LogP contribution in [0.15, 0.2) is 34.5 Å². The van der Waals surface area contributed by atoms with Gasteiger partial charge in [-0.25, -0.2) is 18.1 Å². The van der Waals surface area contributed by atoms with Crippen LogP contribution in [-0.2, 0) is 43.9 Å². The van der Waals surface area contributed by atoms with Gasteiger partial charge in [0.05, 0.1) is 6.61 Å². The topological polar surface area (TPSA) is 289 Å². The number of methoxy groups -OCH3 is 1. The van der Waals surface area contributed by atoms with E-state index in [1.807, 2.05) is 4.98 Å². The minimum absolute atomic E-state index is 0.653. The largest absolute Gasteiger partial charge is 0.481 e. The number of aromatic nitrogens is 2. The molecule has 2 saturated heterocycles. The van der Waals surface area contributed by atoms with E-state index in [0.29, 0.717) is 4.57 Å². The van der Waals surface area contributed by atoms with E-state index in [9.17, 15) is 49.5 Å². The van der Waals surface area contributed by atoms with Gasteiger partial charge in [0.2, 0.25) is 0 Å². The van der Waals surface area contributed by atoms with Crippen molar-refractivity contribution in [2.45, 2.75) is 60.6 Å². The molecule has 42 heavy (non-hydrogen) atoms. The Kier molecular flexibility index (Phi) is 10.8. The number of hydrogen-bond donors (Lipinski definition) is 9. The predicted molar refractivity (Wildman–Crippen MR) is 135 cm³/mol. The average molecular weight is 670 g/mol. The van der Waals surface area contributed by atoms with Crippen molar-refractivity contribution in [3.05, 3.63) is 45.8 Å². The van der Waals surface area contributed by atoms with Gasteiger partial charge in [-0.05, 0) is 11.8 Å². The molecule has 0 bridgehead atoms. The van der Waals surface area contributed by atoms with Crippen molar-refractivity contribution in [3.8, 4) is 0 Å². The molecule has 12 atom stereocenters. The lowest BCUT2D eigenvalue weighted by Crippen LogP contribution is -2.61. The molecule has 3 heterocycles. The van der Waals surface area contributed by atoms with E-state index in [-0.39, 0.29) is 0 Å². The third-order valence-electron chi connectivity index (χ3n) is 6.35. The van der Waals surface area contributed by atoms with E-state index in [0.717, 1.165) is 25.4 Å². The monoisotopic (exact) mass is 670 g/mol. The summed E-state index contributed by atoms with van der Waals surface area (Å²) >= 11 is 4.60. The Bertz CT molecular complexity index is 1350. The quantitative estimate of drug-likeness (QED) is 0.0761. The third-order valence-corrected chi connectivity index (χ3v) is 9.84. The first kappa shape index (κ1) is 35.2. The highest BCUT2D eigenvalue weighted by Crippen LogP contribution is 2.62. The smallest absolute Gasteiger partial charge is 0.394 e. The fourth-order valence-electron chi connectivity index (χ4n) is 4.18. The normalized spacial score (nSPS) is 38.9. The molecule has 7 unspecified atom stereocenters. The van der Waals surface area contributed by atoms with Gasteiger partial charge in [0.1, 0.15) is 37.1 Å². The molecule has 240 valence electrons. The minimum atomic E-state index is -5.64. The fraction of sp³-hybridized carbons (Fsp3) is 0.684. The van der Waals surface area contributed by atoms with Gasteiger partial charge < -0.3 is 59.2 Å². The maximum atomic E-state index is 15.9. The summed E-state index contributed by atoms with van der Waals surface area (Å²) in [5.74, 6) is -3.38. The SMILES string of the molecule is C=C[C@]1(OC)[C@H](n2ccc(=O)[nH]c2=O)O[C@](F)(COP(O)(=S)OP(=O)(O)OC2OC([C@@H](O)CO)C(O)C(O)C2O)[C@H]1O. The zero-order valence-electron chi connectivity index (χ0n) is 21.4. The van der Waals surface area contributed by atoms with Crippen LogP contribution in [0.1, 0.15) is 6.23 Å². The Balaban J connectivity index is 1.76. The van der Waals surface area contributed by atoms with Crippen LogP contribution in [0.5, 0.6) is 0 Å². The summed E-state index contributed by atoms with van der Waals surface area (Å²) in [6.07, 6.45) is -14.7. The summed E-state index contributed by atoms with van der Waals surface area (Å²) in [4.78, 5) is 46.1. The number of aromatic amines is 1. The Morgan fingerprint density at radius 3 is 2.45 bits per heavy atom. The number of nitrogens with one attached hydrogen (secondary N) is 1. The highest BCUT2D eigenvalue weighted by Gasteiger charge is 2.66. The van der Waals surface area contributed by atoms with Crippen LogP contribution in [0, 0.1) is 0 Å². The van der Waals surface area contributed by atoms with Gasteiger partial charge in [-0.1, -0.05) is 12.7 Å². The Labute approximate surface area is 239 Å². The van der Waals surface area contributed by atoms with Gasteiger partial charge in [0.15, 0.2) is 24.2 Å². The Morgan fingerprint density at radius 1 is 1.26 bits per heavy atom. The van der Waals surface area contributed by atoms with E-state index in [1.54, 1.807) is 0 Å². The molecular formula is C19H29FN2O17P2S. The molecule has 23 heteroatoms. The molecule has 0 saturated carbocycles. The second-order valence-electron chi connectivity index (χ2n) is 9.03. The molecule has 0 spiro atoms. The molecule has 3 rings (SSSR count). The van der Waals surface area contributed by atoms with Crippen LogP contribution in [0.4, 0.5) is 4.39 Å². The van der Waals surface area contributed by atoms with Crippen LogP contribution < -0.4 is 11.2 Å². The number of alkyl halides is 1. The number of rotatable bonds is 12. The fourth-order valence-corrected chi connectivity index (χ4v) is 7.26. The van der Waals surface area contributed by atoms with Gasteiger partial charge in [0, 0.05) is 19.4 Å². The lowest BCUT2D eigenvalue weighted by molar-refractivity contribution is -0.292. The summed E-state index contributed by atoms with van der Waals surface area (Å²) in [5, 5.41) is 59.5. The molecule has 19 nitrogen and oxygen atoms in total. The molecule has 0 radical (unpaired) electrons. The third kappa shape index (κ3) is 6.98. The Morgan fingerprint density at radius 2 is 1.90 bits per heavy atom. The standard InChI is InChI=1S/C19H29FN2O17P2S/c1-3-18(34-2)15(29)19(20,37-16(18)22-5-4-9(25)21-17(22)30)7-35-41(33,42)39-40(31,32)38-14-12(28)10(26)11(27)13(36-14)8(24)6-23/h3-5,8,10-16,23-24,26-29H,1,6-7H2,2H3,(H,31,32)(H,33,42)(H,21,25,30)/t8-,10?,11?,12?,13?,14?,15-,16+,18+,19+,41?/m0/s1. The zero-order chi connectivity index (χ0) is 31.8. The molecular weight excluding hydrogens is 641 g/mol. The molecule has 2 aliphatic rings. The number of ether oxygens (including phenoxy) is 3. The van der Waals surface area contributed by atoms with Gasteiger partial charge in [-0.3, -0.25) is 18.9 Å². The number of hydrogen-bond acceptors (Lipinski definition) is 16. The maximum absolute atomic E-state index is 15.9. The van der Waals surface area contributed by atoms with Gasteiger partial charge >= 0.3 is 20.2 Å². The number of nitrogens with zero attached hydrogens (tertiary/aromatic N) is 1. The number of phosphoric ester groups is 1. The van der Waals surface area contributed by atoms with Crippen molar-refractivity contribution < 1.29 is 77.0 Å². The minimum Gasteiger partial charge on any atom is -0.394 e. The van der Waals surface area contributed by atoms with Crippen molar-refractivity contribution in [3.63, 3.8) is 0 Å². The summed E-state index contributed by atoms with van der Waals surface area (Å²) in [7, 11) is -4.63. The first-order valence-corrected chi connectivity index (χ1v) is 15.7. The first-order chi connectivity index (χ1) is 19.4. The van der Waals surface area contributed by atoms with Crippen LogP contribution in [-0.4, -0.2) is 125 Å². The van der Waals surface area contributed by atoms with E-state index < -0.39 is 99.6 Å². The predicted octanol–water partition coefficient (Wildman–Crippen LogP) is -3.81. The first-order valence-electron chi connectivity index (χ1n) is 11.6. The van der Waals surface area contributed by atoms with Crippen LogP contribution >= 0.6 is 14.5 Å². The molecule has 2 aliphatic heterocycles. The van der Waals surface area contributed by atoms with E-state index in [1.165, 1.54) is 0 Å². The second-order valence-corrected chi connectivity index (χ2v) is 13.4. The van der Waals surface area contributed by atoms with Crippen LogP contribution in [0.25, 0.3) is 0 Å². The summed E-state index contributed by atoms with van der Waals surface area (Å²) in [5.41, 5.74) is -4.11. The molecule has 9 N–H and O–H groups in total. The Hall–Kier alpha value is -1.33. The lowest BCUT2D eigenvalue weighted by atomic mass is 9.92. The number of aliphatic hydroxyl groups excluding tert-OH is 6. The van der Waals surface area contributed by atoms with Crippen LogP contribution in [0.3, 0.4) is 0 Å². The number of H-pyrrole nitrogens is 1.